The second-order valence-electron chi connectivity index (χ2n) is 22.1. The van der Waals surface area contributed by atoms with Gasteiger partial charge in [0.2, 0.25) is 0 Å². The van der Waals surface area contributed by atoms with Gasteiger partial charge in [-0.15, -0.1) is 0 Å². The Balaban J connectivity index is 0.746. The molecule has 4 saturated heterocycles. The lowest BCUT2D eigenvalue weighted by atomic mass is 9.43. The lowest BCUT2D eigenvalue weighted by molar-refractivity contribution is -0.355. The molecule has 9 rings (SSSR count). The maximum atomic E-state index is 12.6. The Bertz CT molecular complexity index is 1810. The van der Waals surface area contributed by atoms with Crippen LogP contribution in [0.5, 0.6) is 0 Å². The number of rotatable bonds is 11. The molecule has 0 unspecified atom stereocenters. The third kappa shape index (κ3) is 9.36. The number of carbonyl (C=O) groups is 2. The summed E-state index contributed by atoms with van der Waals surface area (Å²) < 4.78 is 60.2. The molecule has 0 aromatic heterocycles. The van der Waals surface area contributed by atoms with Crippen molar-refractivity contribution in [3.8, 4) is 0 Å². The third-order valence-electron chi connectivity index (χ3n) is 18.3. The Labute approximate surface area is 398 Å². The smallest absolute Gasteiger partial charge is 0.331 e. The number of hydrogen-bond acceptors (Lipinski definition) is 19. The van der Waals surface area contributed by atoms with Gasteiger partial charge in [-0.25, -0.2) is 4.79 Å². The lowest BCUT2D eigenvalue weighted by Gasteiger charge is -2.64. The average Bonchev–Trinajstić information content (AvgIpc) is 3.83. The summed E-state index contributed by atoms with van der Waals surface area (Å²) in [5.74, 6) is 0.357. The van der Waals surface area contributed by atoms with Gasteiger partial charge in [0.15, 0.2) is 25.2 Å². The Morgan fingerprint density at radius 2 is 1.34 bits per heavy atom. The molecule has 5 aliphatic heterocycles. The number of ether oxygens (including phenoxy) is 10. The van der Waals surface area contributed by atoms with Gasteiger partial charge in [0.1, 0.15) is 55.4 Å². The quantitative estimate of drug-likeness (QED) is 0.115. The molecule has 4 aliphatic carbocycles. The Morgan fingerprint density at radius 1 is 0.706 bits per heavy atom. The summed E-state index contributed by atoms with van der Waals surface area (Å²) in [6.45, 7) is 10.8. The molecule has 4 saturated carbocycles. The number of cyclic esters (lactones) is 1. The van der Waals surface area contributed by atoms with Crippen LogP contribution in [0.25, 0.3) is 0 Å². The number of aliphatic hydroxyl groups excluding tert-OH is 6. The van der Waals surface area contributed by atoms with Crippen molar-refractivity contribution in [2.45, 2.75) is 235 Å². The number of fused-ring (bicyclic) bond motifs is 5. The van der Waals surface area contributed by atoms with E-state index >= 15 is 0 Å². The molecule has 0 aromatic carbocycles. The second-order valence-corrected chi connectivity index (χ2v) is 22.1. The zero-order valence-corrected chi connectivity index (χ0v) is 40.2. The maximum absolute atomic E-state index is 12.6. The summed E-state index contributed by atoms with van der Waals surface area (Å²) in [5, 5.41) is 76.1. The summed E-state index contributed by atoms with van der Waals surface area (Å²) in [6.07, 6.45) is -7.65. The van der Waals surface area contributed by atoms with Crippen LogP contribution < -0.4 is 0 Å². The van der Waals surface area contributed by atoms with Crippen molar-refractivity contribution in [2.75, 3.05) is 13.2 Å². The highest BCUT2D eigenvalue weighted by Gasteiger charge is 2.68. The van der Waals surface area contributed by atoms with Gasteiger partial charge in [-0.2, -0.15) is 0 Å². The minimum atomic E-state index is -1.68. The number of hydrogen-bond donors (Lipinski definition) is 7. The van der Waals surface area contributed by atoms with Crippen LogP contribution in [0.2, 0.25) is 0 Å². The predicted molar refractivity (Wildman–Crippen MR) is 233 cm³/mol. The van der Waals surface area contributed by atoms with Crippen LogP contribution in [0.1, 0.15) is 119 Å². The van der Waals surface area contributed by atoms with E-state index < -0.39 is 123 Å². The van der Waals surface area contributed by atoms with Gasteiger partial charge in [-0.05, 0) is 113 Å². The molecule has 9 aliphatic rings. The monoisotopic (exact) mass is 968 g/mol. The van der Waals surface area contributed by atoms with E-state index in [1.54, 1.807) is 19.9 Å². The van der Waals surface area contributed by atoms with E-state index in [0.717, 1.165) is 63.4 Å². The molecule has 7 N–H and O–H groups in total. The molecule has 19 nitrogen and oxygen atoms in total. The highest BCUT2D eigenvalue weighted by molar-refractivity contribution is 5.85. The van der Waals surface area contributed by atoms with E-state index in [0.29, 0.717) is 18.4 Å². The van der Waals surface area contributed by atoms with Crippen molar-refractivity contribution in [1.82, 2.24) is 0 Å². The zero-order valence-electron chi connectivity index (χ0n) is 40.2. The topological polar surface area (TPSA) is 268 Å². The molecule has 8 fully saturated rings. The molecule has 0 radical (unpaired) electrons. The predicted octanol–water partition coefficient (Wildman–Crippen LogP) is 1.64. The molecule has 0 aromatic rings. The first-order chi connectivity index (χ1) is 32.2. The van der Waals surface area contributed by atoms with Gasteiger partial charge in [0.25, 0.3) is 0 Å². The summed E-state index contributed by atoms with van der Waals surface area (Å²) in [7, 11) is 0. The van der Waals surface area contributed by atoms with Gasteiger partial charge in [-0.3, -0.25) is 4.79 Å². The van der Waals surface area contributed by atoms with Crippen molar-refractivity contribution in [2.24, 2.45) is 34.5 Å². The summed E-state index contributed by atoms with van der Waals surface area (Å²) in [6, 6.07) is 0. The van der Waals surface area contributed by atoms with Crippen molar-refractivity contribution in [1.29, 1.82) is 0 Å². The van der Waals surface area contributed by atoms with Crippen molar-refractivity contribution >= 4 is 11.9 Å². The van der Waals surface area contributed by atoms with Crippen LogP contribution in [-0.4, -0.2) is 177 Å². The normalized spacial score (nSPS) is 52.8. The number of aliphatic hydroxyl groups is 7. The molecule has 5 heterocycles. The SMILES string of the molecule is CC(=O)O[C@H]1C[C@@H](O[C@@H]2[C@@H](O)C[C@@H](O[C@@H]3[C@@H](O)C[C@@H](O[C@H]4CC[C@]5(C)[C@@H](CC[C@H]6[C@H]5CC[C@]5(C)[C@H](C7=CC(=O)OC7)CC[C@]65O)C4)O[C@@H]3C)O[C@@H]2C)O[C@H](C)[C@@H]1O[C@H]1O[C@@H](CO)[C@H](O)[C@@H](O)[C@@H]1O. The number of carbonyl (C=O) groups excluding carboxylic acids is 2. The second kappa shape index (κ2) is 19.8. The summed E-state index contributed by atoms with van der Waals surface area (Å²) in [4.78, 5) is 24.2. The van der Waals surface area contributed by atoms with Crippen LogP contribution in [0.15, 0.2) is 11.6 Å². The Hall–Kier alpha value is -1.92. The largest absolute Gasteiger partial charge is 0.459 e. The molecule has 68 heavy (non-hydrogen) atoms. The lowest BCUT2D eigenvalue weighted by Crippen LogP contribution is -2.62. The summed E-state index contributed by atoms with van der Waals surface area (Å²) >= 11 is 0. The highest BCUT2D eigenvalue weighted by Crippen LogP contribution is 2.70. The van der Waals surface area contributed by atoms with Gasteiger partial charge in [0.05, 0.1) is 48.8 Å². The fourth-order valence-electron chi connectivity index (χ4n) is 14.6. The molecule has 19 heteroatoms. The van der Waals surface area contributed by atoms with E-state index in [-0.39, 0.29) is 54.0 Å². The van der Waals surface area contributed by atoms with E-state index in [4.69, 9.17) is 47.4 Å². The van der Waals surface area contributed by atoms with E-state index in [1.165, 1.54) is 6.92 Å². The van der Waals surface area contributed by atoms with Gasteiger partial charge >= 0.3 is 11.9 Å². The standard InChI is InChI=1S/C49H76O19/c1-22-43(66-38-18-33(53)44(23(2)61-38)67-39-19-34(63-25(4)51)45(24(3)62-39)68-46-42(57)41(56)40(55)35(20-50)65-46)32(52)17-37(60-22)64-28-9-12-47(5)27(16-28)7-8-31-30(47)10-13-48(6)29(11-14-49(31,48)58)26-15-36(54)59-21-26/h15,22-24,27-35,37-46,50,52-53,55-58H,7-14,16-21H2,1-6H3/t22-,23-,24-,27+,28+,29+,30-,31+,32+,33+,34+,35+,37-,38-,39-,40+,41-,42+,43+,44+,45+,46-,47-,48-,49+/m1/s1. The third-order valence-corrected chi connectivity index (χ3v) is 18.3. The van der Waals surface area contributed by atoms with Crippen molar-refractivity contribution in [3.63, 3.8) is 0 Å². The van der Waals surface area contributed by atoms with Crippen LogP contribution in [0, 0.1) is 34.5 Å². The Kier molecular flexibility index (Phi) is 14.9. The average molecular weight is 969 g/mol. The molecule has 0 amide bonds. The molecule has 0 bridgehead atoms. The first-order valence-electron chi connectivity index (χ1n) is 25.2. The van der Waals surface area contributed by atoms with Gasteiger partial charge in [-0.1, -0.05) is 13.8 Å². The summed E-state index contributed by atoms with van der Waals surface area (Å²) in [5.41, 5.74) is 0.0925. The van der Waals surface area contributed by atoms with E-state index in [2.05, 4.69) is 13.8 Å². The fraction of sp³-hybridized carbons (Fsp3) is 0.918. The van der Waals surface area contributed by atoms with E-state index in [1.807, 2.05) is 6.92 Å². The molecule has 25 atom stereocenters. The van der Waals surface area contributed by atoms with Crippen molar-refractivity contribution in [3.05, 3.63) is 11.6 Å². The zero-order chi connectivity index (χ0) is 48.6. The maximum Gasteiger partial charge on any atom is 0.331 e. The molecular weight excluding hydrogens is 893 g/mol. The highest BCUT2D eigenvalue weighted by atomic mass is 16.8. The van der Waals surface area contributed by atoms with Crippen LogP contribution >= 0.6 is 0 Å². The van der Waals surface area contributed by atoms with Crippen molar-refractivity contribution < 1.29 is 92.7 Å². The van der Waals surface area contributed by atoms with Gasteiger partial charge < -0.3 is 83.1 Å². The number of esters is 2. The molecule has 0 spiro atoms. The minimum absolute atomic E-state index is 0.0126. The fourth-order valence-corrected chi connectivity index (χ4v) is 14.6. The first-order valence-corrected chi connectivity index (χ1v) is 25.2. The first kappa shape index (κ1) is 51.0. The Morgan fingerprint density at radius 3 is 1.94 bits per heavy atom. The van der Waals surface area contributed by atoms with Crippen LogP contribution in [0.4, 0.5) is 0 Å². The molecule has 386 valence electrons. The van der Waals surface area contributed by atoms with Crippen LogP contribution in [0.3, 0.4) is 0 Å². The molecular formula is C49H76O19. The van der Waals surface area contributed by atoms with Crippen LogP contribution in [-0.2, 0) is 57.0 Å². The van der Waals surface area contributed by atoms with Gasteiger partial charge in [0, 0.05) is 37.7 Å². The van der Waals surface area contributed by atoms with E-state index in [9.17, 15) is 45.3 Å². The minimum Gasteiger partial charge on any atom is -0.459 e.